The van der Waals surface area contributed by atoms with Crippen LogP contribution in [-0.2, 0) is 11.2 Å². The molecule has 1 saturated heterocycles. The second-order valence-electron chi connectivity index (χ2n) is 4.40. The number of nitrogens with zero attached hydrogens (tertiary/aromatic N) is 2. The molecule has 1 unspecified atom stereocenters. The van der Waals surface area contributed by atoms with Crippen molar-refractivity contribution in [1.82, 2.24) is 0 Å². The Balaban J connectivity index is 2.25. The van der Waals surface area contributed by atoms with E-state index in [2.05, 4.69) is 22.0 Å². The highest BCUT2D eigenvalue weighted by Gasteiger charge is 2.35. The standard InChI is InChI=1S/C12H11BrN2O3/c13-11-5-10(15(16)17)2-1-9(11)6-12(7-14)3-4-18-8-12/h1-2,5H,3-4,6,8H2. The Labute approximate surface area is 113 Å². The van der Waals surface area contributed by atoms with Crippen molar-refractivity contribution in [2.45, 2.75) is 12.8 Å². The van der Waals surface area contributed by atoms with Crippen LogP contribution < -0.4 is 0 Å². The van der Waals surface area contributed by atoms with Gasteiger partial charge in [-0.05, 0) is 18.4 Å². The van der Waals surface area contributed by atoms with Gasteiger partial charge in [0.1, 0.15) is 0 Å². The minimum atomic E-state index is -0.501. The number of hydrogen-bond acceptors (Lipinski definition) is 4. The summed E-state index contributed by atoms with van der Waals surface area (Å²) in [6.45, 7) is 1.02. The maximum atomic E-state index is 10.6. The van der Waals surface area contributed by atoms with Crippen molar-refractivity contribution in [3.8, 4) is 6.07 Å². The van der Waals surface area contributed by atoms with E-state index in [0.29, 0.717) is 30.5 Å². The first-order chi connectivity index (χ1) is 8.56. The molecule has 0 spiro atoms. The van der Waals surface area contributed by atoms with Gasteiger partial charge in [0.15, 0.2) is 0 Å². The van der Waals surface area contributed by atoms with Gasteiger partial charge in [-0.3, -0.25) is 10.1 Å². The van der Waals surface area contributed by atoms with Crippen LogP contribution in [0.25, 0.3) is 0 Å². The molecular formula is C12H11BrN2O3. The molecule has 1 atom stereocenters. The lowest BCUT2D eigenvalue weighted by molar-refractivity contribution is -0.384. The lowest BCUT2D eigenvalue weighted by Gasteiger charge is -2.18. The number of nitro groups is 1. The van der Waals surface area contributed by atoms with Crippen molar-refractivity contribution in [3.05, 3.63) is 38.3 Å². The largest absolute Gasteiger partial charge is 0.380 e. The lowest BCUT2D eigenvalue weighted by atomic mass is 9.82. The minimum Gasteiger partial charge on any atom is -0.380 e. The maximum Gasteiger partial charge on any atom is 0.270 e. The topological polar surface area (TPSA) is 76.2 Å². The fraction of sp³-hybridized carbons (Fsp3) is 0.417. The van der Waals surface area contributed by atoms with E-state index in [1.54, 1.807) is 6.07 Å². The van der Waals surface area contributed by atoms with E-state index >= 15 is 0 Å². The highest BCUT2D eigenvalue weighted by atomic mass is 79.9. The normalized spacial score (nSPS) is 22.7. The molecule has 5 nitrogen and oxygen atoms in total. The van der Waals surface area contributed by atoms with Crippen molar-refractivity contribution in [1.29, 1.82) is 5.26 Å². The maximum absolute atomic E-state index is 10.6. The third-order valence-corrected chi connectivity index (χ3v) is 3.85. The number of ether oxygens (including phenoxy) is 1. The molecule has 0 aliphatic carbocycles. The van der Waals surface area contributed by atoms with Crippen LogP contribution in [-0.4, -0.2) is 18.1 Å². The van der Waals surface area contributed by atoms with Gasteiger partial charge in [0.2, 0.25) is 0 Å². The number of nitro benzene ring substituents is 1. The van der Waals surface area contributed by atoms with Gasteiger partial charge in [-0.15, -0.1) is 0 Å². The third-order valence-electron chi connectivity index (χ3n) is 3.12. The smallest absolute Gasteiger partial charge is 0.270 e. The number of halogens is 1. The van der Waals surface area contributed by atoms with E-state index in [-0.39, 0.29) is 5.69 Å². The summed E-state index contributed by atoms with van der Waals surface area (Å²) >= 11 is 3.32. The van der Waals surface area contributed by atoms with E-state index in [9.17, 15) is 15.4 Å². The van der Waals surface area contributed by atoms with Gasteiger partial charge in [-0.25, -0.2) is 0 Å². The molecule has 1 heterocycles. The summed E-state index contributed by atoms with van der Waals surface area (Å²) in [7, 11) is 0. The van der Waals surface area contributed by atoms with Gasteiger partial charge in [-0.1, -0.05) is 22.0 Å². The van der Waals surface area contributed by atoms with Gasteiger partial charge in [0, 0.05) is 23.2 Å². The second kappa shape index (κ2) is 5.04. The molecule has 94 valence electrons. The molecule has 18 heavy (non-hydrogen) atoms. The first-order valence-electron chi connectivity index (χ1n) is 5.48. The molecule has 0 amide bonds. The van der Waals surface area contributed by atoms with Gasteiger partial charge in [-0.2, -0.15) is 5.26 Å². The van der Waals surface area contributed by atoms with Gasteiger partial charge in [0.05, 0.1) is 23.0 Å². The van der Waals surface area contributed by atoms with Gasteiger partial charge < -0.3 is 4.74 Å². The second-order valence-corrected chi connectivity index (χ2v) is 5.26. The van der Waals surface area contributed by atoms with E-state index in [1.165, 1.54) is 12.1 Å². The third kappa shape index (κ3) is 2.52. The quantitative estimate of drug-likeness (QED) is 0.635. The van der Waals surface area contributed by atoms with Crippen LogP contribution in [0.5, 0.6) is 0 Å². The molecule has 0 saturated carbocycles. The van der Waals surface area contributed by atoms with Gasteiger partial charge >= 0.3 is 0 Å². The SMILES string of the molecule is N#CC1(Cc2ccc([N+](=O)[O-])cc2Br)CCOC1. The monoisotopic (exact) mass is 310 g/mol. The molecular weight excluding hydrogens is 300 g/mol. The Bertz CT molecular complexity index is 519. The van der Waals surface area contributed by atoms with Crippen molar-refractivity contribution in [2.75, 3.05) is 13.2 Å². The molecule has 0 N–H and O–H groups in total. The molecule has 0 radical (unpaired) electrons. The Morgan fingerprint density at radius 2 is 2.39 bits per heavy atom. The fourth-order valence-electron chi connectivity index (χ4n) is 2.03. The number of benzene rings is 1. The van der Waals surface area contributed by atoms with Crippen LogP contribution in [0.2, 0.25) is 0 Å². The molecule has 0 bridgehead atoms. The van der Waals surface area contributed by atoms with Crippen LogP contribution in [0.15, 0.2) is 22.7 Å². The van der Waals surface area contributed by atoms with Crippen LogP contribution in [0.4, 0.5) is 5.69 Å². The van der Waals surface area contributed by atoms with Crippen LogP contribution in [0, 0.1) is 26.9 Å². The summed E-state index contributed by atoms with van der Waals surface area (Å²) in [5.41, 5.74) is 0.436. The summed E-state index contributed by atoms with van der Waals surface area (Å²) in [5.74, 6) is 0. The summed E-state index contributed by atoms with van der Waals surface area (Å²) < 4.78 is 5.94. The highest BCUT2D eigenvalue weighted by Crippen LogP contribution is 2.35. The molecule has 1 aromatic rings. The van der Waals surface area contributed by atoms with Crippen molar-refractivity contribution in [2.24, 2.45) is 5.41 Å². The molecule has 1 fully saturated rings. The Morgan fingerprint density at radius 1 is 1.61 bits per heavy atom. The van der Waals surface area contributed by atoms with E-state index in [1.807, 2.05) is 0 Å². The van der Waals surface area contributed by atoms with Crippen LogP contribution in [0.3, 0.4) is 0 Å². The summed E-state index contributed by atoms with van der Waals surface area (Å²) in [4.78, 5) is 10.2. The number of nitriles is 1. The first-order valence-corrected chi connectivity index (χ1v) is 6.27. The van der Waals surface area contributed by atoms with Crippen molar-refractivity contribution >= 4 is 21.6 Å². The van der Waals surface area contributed by atoms with Crippen LogP contribution >= 0.6 is 15.9 Å². The zero-order valence-electron chi connectivity index (χ0n) is 9.56. The van der Waals surface area contributed by atoms with Crippen molar-refractivity contribution < 1.29 is 9.66 Å². The molecule has 2 rings (SSSR count). The van der Waals surface area contributed by atoms with E-state index in [4.69, 9.17) is 4.74 Å². The zero-order valence-corrected chi connectivity index (χ0v) is 11.1. The number of rotatable bonds is 3. The Morgan fingerprint density at radius 3 is 2.89 bits per heavy atom. The Kier molecular flexibility index (Phi) is 3.64. The van der Waals surface area contributed by atoms with Crippen molar-refractivity contribution in [3.63, 3.8) is 0 Å². The molecule has 6 heteroatoms. The van der Waals surface area contributed by atoms with Crippen LogP contribution in [0.1, 0.15) is 12.0 Å². The first kappa shape index (κ1) is 13.0. The lowest BCUT2D eigenvalue weighted by Crippen LogP contribution is -2.21. The average molecular weight is 311 g/mol. The predicted molar refractivity (Wildman–Crippen MR) is 68.0 cm³/mol. The minimum absolute atomic E-state index is 0.0410. The zero-order chi connectivity index (χ0) is 13.2. The van der Waals surface area contributed by atoms with E-state index < -0.39 is 10.3 Å². The molecule has 1 aliphatic rings. The highest BCUT2D eigenvalue weighted by molar-refractivity contribution is 9.10. The fourth-order valence-corrected chi connectivity index (χ4v) is 2.54. The number of non-ortho nitro benzene ring substituents is 1. The number of hydrogen-bond donors (Lipinski definition) is 0. The average Bonchev–Trinajstić information content (AvgIpc) is 2.81. The molecule has 1 aliphatic heterocycles. The summed E-state index contributed by atoms with van der Waals surface area (Å²) in [6, 6.07) is 6.93. The molecule has 0 aromatic heterocycles. The Hall–Kier alpha value is -1.45. The molecule has 1 aromatic carbocycles. The summed E-state index contributed by atoms with van der Waals surface area (Å²) in [5, 5.41) is 19.9. The summed E-state index contributed by atoms with van der Waals surface area (Å²) in [6.07, 6.45) is 1.25. The van der Waals surface area contributed by atoms with Gasteiger partial charge in [0.25, 0.3) is 5.69 Å². The van der Waals surface area contributed by atoms with E-state index in [0.717, 1.165) is 5.56 Å². The predicted octanol–water partition coefficient (Wildman–Crippen LogP) is 2.83.